The Morgan fingerprint density at radius 3 is 2.74 bits per heavy atom. The minimum Gasteiger partial charge on any atom is -0.491 e. The monoisotopic (exact) mass is 284 g/mol. The summed E-state index contributed by atoms with van der Waals surface area (Å²) in [7, 11) is 0. The minimum absolute atomic E-state index is 0.160. The molecule has 1 rings (SSSR count). The van der Waals surface area contributed by atoms with Gasteiger partial charge in [0.05, 0.1) is 12.7 Å². The molecular weight excluding hydrogens is 267 g/mol. The Hall–Kier alpha value is -1.24. The number of benzene rings is 1. The summed E-state index contributed by atoms with van der Waals surface area (Å²) in [5.74, 6) is 6.28. The topological polar surface area (TPSA) is 18.5 Å². The average molecular weight is 285 g/mol. The Kier molecular flexibility index (Phi) is 7.32. The summed E-state index contributed by atoms with van der Waals surface area (Å²) in [5, 5.41) is 0. The van der Waals surface area contributed by atoms with E-state index in [4.69, 9.17) is 21.1 Å². The maximum absolute atomic E-state index is 13.4. The molecule has 0 aliphatic heterocycles. The molecule has 0 fully saturated rings. The fourth-order valence-corrected chi connectivity index (χ4v) is 1.47. The first-order valence-electron chi connectivity index (χ1n) is 6.21. The molecule has 4 heteroatoms. The molecule has 1 aromatic carbocycles. The summed E-state index contributed by atoms with van der Waals surface area (Å²) in [6.45, 7) is 4.76. The molecule has 0 saturated carbocycles. The van der Waals surface area contributed by atoms with Crippen molar-refractivity contribution in [2.24, 2.45) is 0 Å². The Balaban J connectivity index is 2.56. The molecule has 0 saturated heterocycles. The van der Waals surface area contributed by atoms with E-state index >= 15 is 0 Å². The van der Waals surface area contributed by atoms with E-state index in [1.165, 1.54) is 12.1 Å². The van der Waals surface area contributed by atoms with Crippen LogP contribution in [0.2, 0.25) is 0 Å². The van der Waals surface area contributed by atoms with Crippen LogP contribution in [0.15, 0.2) is 18.2 Å². The molecule has 19 heavy (non-hydrogen) atoms. The summed E-state index contributed by atoms with van der Waals surface area (Å²) in [6, 6.07) is 4.42. The molecule has 0 bridgehead atoms. The standard InChI is InChI=1S/C15H18ClFO2/c1-12(2)18-7-8-19-15-10-13(5-3-4-6-16)9-14(17)11-15/h9-12H,4,6-8H2,1-2H3. The fourth-order valence-electron chi connectivity index (χ4n) is 1.37. The van der Waals surface area contributed by atoms with Gasteiger partial charge in [0, 0.05) is 23.9 Å². The van der Waals surface area contributed by atoms with Crippen LogP contribution in [-0.2, 0) is 4.74 Å². The molecule has 1 aromatic rings. The van der Waals surface area contributed by atoms with Crippen molar-refractivity contribution in [3.63, 3.8) is 0 Å². The molecule has 0 spiro atoms. The van der Waals surface area contributed by atoms with Gasteiger partial charge in [-0.2, -0.15) is 0 Å². The van der Waals surface area contributed by atoms with E-state index in [0.717, 1.165) is 0 Å². The molecule has 0 radical (unpaired) electrons. The molecule has 0 aromatic heterocycles. The van der Waals surface area contributed by atoms with Crippen LogP contribution >= 0.6 is 11.6 Å². The summed E-state index contributed by atoms with van der Waals surface area (Å²) < 4.78 is 24.1. The lowest BCUT2D eigenvalue weighted by Crippen LogP contribution is -2.11. The largest absolute Gasteiger partial charge is 0.491 e. The van der Waals surface area contributed by atoms with Crippen LogP contribution in [0.3, 0.4) is 0 Å². The van der Waals surface area contributed by atoms with E-state index < -0.39 is 0 Å². The van der Waals surface area contributed by atoms with Crippen LogP contribution in [0.25, 0.3) is 0 Å². The van der Waals surface area contributed by atoms with Gasteiger partial charge < -0.3 is 9.47 Å². The normalized spacial score (nSPS) is 10.2. The van der Waals surface area contributed by atoms with Crippen molar-refractivity contribution in [3.8, 4) is 17.6 Å². The van der Waals surface area contributed by atoms with E-state index in [0.29, 0.717) is 36.8 Å². The van der Waals surface area contributed by atoms with Crippen molar-refractivity contribution in [2.75, 3.05) is 19.1 Å². The lowest BCUT2D eigenvalue weighted by Gasteiger charge is -2.09. The predicted molar refractivity (Wildman–Crippen MR) is 75.2 cm³/mol. The third-order valence-electron chi connectivity index (χ3n) is 2.13. The average Bonchev–Trinajstić information content (AvgIpc) is 2.34. The molecule has 0 aliphatic rings. The lowest BCUT2D eigenvalue weighted by atomic mass is 10.2. The van der Waals surface area contributed by atoms with Crippen LogP contribution < -0.4 is 4.74 Å². The van der Waals surface area contributed by atoms with Gasteiger partial charge in [-0.15, -0.1) is 11.6 Å². The molecule has 0 heterocycles. The highest BCUT2D eigenvalue weighted by molar-refractivity contribution is 6.18. The molecular formula is C15H18ClFO2. The minimum atomic E-state index is -0.363. The van der Waals surface area contributed by atoms with Crippen LogP contribution in [0.5, 0.6) is 5.75 Å². The summed E-state index contributed by atoms with van der Waals surface area (Å²) in [6.07, 6.45) is 0.740. The van der Waals surface area contributed by atoms with Gasteiger partial charge >= 0.3 is 0 Å². The Labute approximate surface area is 118 Å². The maximum atomic E-state index is 13.4. The van der Waals surface area contributed by atoms with Gasteiger partial charge in [-0.3, -0.25) is 0 Å². The molecule has 0 atom stereocenters. The van der Waals surface area contributed by atoms with Gasteiger partial charge in [0.15, 0.2) is 0 Å². The number of hydrogen-bond acceptors (Lipinski definition) is 2. The maximum Gasteiger partial charge on any atom is 0.128 e. The zero-order chi connectivity index (χ0) is 14.1. The second kappa shape index (κ2) is 8.79. The first-order valence-corrected chi connectivity index (χ1v) is 6.75. The van der Waals surface area contributed by atoms with Crippen LogP contribution in [-0.4, -0.2) is 25.2 Å². The molecule has 0 N–H and O–H groups in total. The van der Waals surface area contributed by atoms with Crippen molar-refractivity contribution in [1.29, 1.82) is 0 Å². The van der Waals surface area contributed by atoms with Crippen molar-refractivity contribution < 1.29 is 13.9 Å². The first kappa shape index (κ1) is 15.8. The summed E-state index contributed by atoms with van der Waals surface area (Å²) in [4.78, 5) is 0. The number of alkyl halides is 1. The molecule has 0 amide bonds. The Morgan fingerprint density at radius 2 is 2.05 bits per heavy atom. The van der Waals surface area contributed by atoms with Crippen molar-refractivity contribution in [1.82, 2.24) is 0 Å². The van der Waals surface area contributed by atoms with E-state index in [1.807, 2.05) is 13.8 Å². The zero-order valence-electron chi connectivity index (χ0n) is 11.2. The SMILES string of the molecule is CC(C)OCCOc1cc(F)cc(C#CCCCl)c1. The molecule has 0 unspecified atom stereocenters. The van der Waals surface area contributed by atoms with Crippen LogP contribution in [0.1, 0.15) is 25.8 Å². The summed E-state index contributed by atoms with van der Waals surface area (Å²) in [5.41, 5.74) is 0.588. The number of rotatable bonds is 6. The Bertz CT molecular complexity index is 449. The van der Waals surface area contributed by atoms with Gasteiger partial charge in [-0.05, 0) is 26.0 Å². The number of halogens is 2. The number of hydrogen-bond donors (Lipinski definition) is 0. The second-order valence-corrected chi connectivity index (χ2v) is 4.56. The zero-order valence-corrected chi connectivity index (χ0v) is 12.0. The Morgan fingerprint density at radius 1 is 1.26 bits per heavy atom. The first-order chi connectivity index (χ1) is 9.11. The van der Waals surface area contributed by atoms with Gasteiger partial charge in [-0.1, -0.05) is 11.8 Å². The van der Waals surface area contributed by atoms with E-state index in [1.54, 1.807) is 6.07 Å². The van der Waals surface area contributed by atoms with E-state index in [-0.39, 0.29) is 11.9 Å². The third-order valence-corrected chi connectivity index (χ3v) is 2.32. The van der Waals surface area contributed by atoms with Crippen molar-refractivity contribution >= 4 is 11.6 Å². The lowest BCUT2D eigenvalue weighted by molar-refractivity contribution is 0.0552. The van der Waals surface area contributed by atoms with E-state index in [9.17, 15) is 4.39 Å². The molecule has 0 aliphatic carbocycles. The molecule has 104 valence electrons. The predicted octanol–water partition coefficient (Wildman–Crippen LogP) is 3.61. The fraction of sp³-hybridized carbons (Fsp3) is 0.467. The van der Waals surface area contributed by atoms with Gasteiger partial charge in [-0.25, -0.2) is 4.39 Å². The van der Waals surface area contributed by atoms with Gasteiger partial charge in [0.25, 0.3) is 0 Å². The summed E-state index contributed by atoms with van der Waals surface area (Å²) >= 11 is 5.53. The van der Waals surface area contributed by atoms with E-state index in [2.05, 4.69) is 11.8 Å². The van der Waals surface area contributed by atoms with Gasteiger partial charge in [0.2, 0.25) is 0 Å². The van der Waals surface area contributed by atoms with Gasteiger partial charge in [0.1, 0.15) is 18.2 Å². The highest BCUT2D eigenvalue weighted by Gasteiger charge is 2.01. The van der Waals surface area contributed by atoms with Crippen molar-refractivity contribution in [2.45, 2.75) is 26.4 Å². The quantitative estimate of drug-likeness (QED) is 0.451. The highest BCUT2D eigenvalue weighted by Crippen LogP contribution is 2.16. The number of ether oxygens (including phenoxy) is 2. The second-order valence-electron chi connectivity index (χ2n) is 4.18. The van der Waals surface area contributed by atoms with Crippen LogP contribution in [0, 0.1) is 17.7 Å². The van der Waals surface area contributed by atoms with Crippen LogP contribution in [0.4, 0.5) is 4.39 Å². The smallest absolute Gasteiger partial charge is 0.128 e. The molecule has 2 nitrogen and oxygen atoms in total. The van der Waals surface area contributed by atoms with Crippen molar-refractivity contribution in [3.05, 3.63) is 29.6 Å². The third kappa shape index (κ3) is 7.05. The highest BCUT2D eigenvalue weighted by atomic mass is 35.5.